The molecule has 148 valence electrons. The van der Waals surface area contributed by atoms with Crippen LogP contribution >= 0.6 is 0 Å². The molecule has 0 aliphatic carbocycles. The van der Waals surface area contributed by atoms with E-state index in [1.807, 2.05) is 61.5 Å². The van der Waals surface area contributed by atoms with Crippen molar-refractivity contribution in [3.63, 3.8) is 0 Å². The molecule has 29 heavy (non-hydrogen) atoms. The smallest absolute Gasteiger partial charge is 0.284 e. The first-order valence-corrected chi connectivity index (χ1v) is 10.6. The molecule has 0 saturated carbocycles. The molecule has 0 aliphatic heterocycles. The maximum atomic E-state index is 12.6. The molecule has 3 rings (SSSR count). The van der Waals surface area contributed by atoms with Crippen LogP contribution in [0.3, 0.4) is 0 Å². The Bertz CT molecular complexity index is 1110. The Kier molecular flexibility index (Phi) is 6.46. The van der Waals surface area contributed by atoms with Crippen LogP contribution < -0.4 is 11.1 Å². The molecule has 0 radical (unpaired) electrons. The number of aryl methyl sites for hydroxylation is 1. The second-order valence-electron chi connectivity index (χ2n) is 6.56. The Hall–Kier alpha value is -3.38. The third-order valence-electron chi connectivity index (χ3n) is 4.29. The minimum atomic E-state index is -3.90. The average molecular weight is 406 g/mol. The van der Waals surface area contributed by atoms with Crippen LogP contribution in [0.1, 0.15) is 16.7 Å². The molecule has 0 fully saturated rings. The van der Waals surface area contributed by atoms with E-state index in [0.717, 1.165) is 16.7 Å². The first-order valence-electron chi connectivity index (χ1n) is 9.16. The number of hydrogen-bond acceptors (Lipinski definition) is 3. The zero-order valence-corrected chi connectivity index (χ0v) is 16.9. The van der Waals surface area contributed by atoms with Gasteiger partial charge in [0.25, 0.3) is 10.0 Å². The monoisotopic (exact) mass is 405 g/mol. The number of amidine groups is 1. The van der Waals surface area contributed by atoms with E-state index in [2.05, 4.69) is 9.71 Å². The molecule has 0 unspecified atom stereocenters. The molecule has 3 aromatic carbocycles. The van der Waals surface area contributed by atoms with Crippen molar-refractivity contribution in [1.29, 1.82) is 0 Å². The molecule has 0 spiro atoms. The van der Waals surface area contributed by atoms with E-state index in [-0.39, 0.29) is 10.7 Å². The fraction of sp³-hybridized carbons (Fsp3) is 0.0870. The van der Waals surface area contributed by atoms with E-state index >= 15 is 0 Å². The van der Waals surface area contributed by atoms with Gasteiger partial charge in [0.2, 0.25) is 0 Å². The third-order valence-corrected chi connectivity index (χ3v) is 5.60. The molecular formula is C23H23N3O2S. The molecular weight excluding hydrogens is 382 g/mol. The summed E-state index contributed by atoms with van der Waals surface area (Å²) in [7, 11) is -3.90. The predicted octanol–water partition coefficient (Wildman–Crippen LogP) is 3.87. The lowest BCUT2D eigenvalue weighted by molar-refractivity contribution is 0.598. The summed E-state index contributed by atoms with van der Waals surface area (Å²) in [5.74, 6) is -0.0710. The lowest BCUT2D eigenvalue weighted by Gasteiger charge is -2.10. The summed E-state index contributed by atoms with van der Waals surface area (Å²) in [5, 5.41) is 3.20. The number of nitrogens with two attached hydrogens (primary N) is 1. The Labute approximate surface area is 171 Å². The lowest BCUT2D eigenvalue weighted by Crippen LogP contribution is -2.19. The number of rotatable bonds is 7. The van der Waals surface area contributed by atoms with Gasteiger partial charge in [0.1, 0.15) is 5.84 Å². The minimum Gasteiger partial charge on any atom is -0.386 e. The maximum absolute atomic E-state index is 12.6. The second-order valence-corrected chi connectivity index (χ2v) is 8.16. The van der Waals surface area contributed by atoms with Gasteiger partial charge in [0, 0.05) is 18.3 Å². The van der Waals surface area contributed by atoms with E-state index < -0.39 is 10.0 Å². The van der Waals surface area contributed by atoms with Gasteiger partial charge >= 0.3 is 0 Å². The Morgan fingerprint density at radius 2 is 1.52 bits per heavy atom. The van der Waals surface area contributed by atoms with Crippen LogP contribution in [0.25, 0.3) is 5.57 Å². The van der Waals surface area contributed by atoms with Crippen molar-refractivity contribution in [3.05, 3.63) is 108 Å². The second kappa shape index (κ2) is 9.21. The molecule has 0 amide bonds. The fourth-order valence-corrected chi connectivity index (χ4v) is 3.69. The average Bonchev–Trinajstić information content (AvgIpc) is 2.73. The minimum absolute atomic E-state index is 0.0710. The Balaban J connectivity index is 1.93. The summed E-state index contributed by atoms with van der Waals surface area (Å²) < 4.78 is 29.1. The number of benzene rings is 3. The van der Waals surface area contributed by atoms with Crippen molar-refractivity contribution in [1.82, 2.24) is 5.32 Å². The van der Waals surface area contributed by atoms with Gasteiger partial charge in [-0.2, -0.15) is 8.42 Å². The molecule has 5 nitrogen and oxygen atoms in total. The molecule has 0 heterocycles. The zero-order valence-electron chi connectivity index (χ0n) is 16.1. The number of hydrogen-bond donors (Lipinski definition) is 2. The first kappa shape index (κ1) is 20.4. The van der Waals surface area contributed by atoms with E-state index in [1.165, 1.54) is 12.1 Å². The van der Waals surface area contributed by atoms with Crippen molar-refractivity contribution >= 4 is 21.4 Å². The van der Waals surface area contributed by atoms with E-state index in [9.17, 15) is 8.42 Å². The summed E-state index contributed by atoms with van der Waals surface area (Å²) in [4.78, 5) is 0.100. The molecule has 0 aliphatic rings. The van der Waals surface area contributed by atoms with Crippen LogP contribution in [0.15, 0.2) is 100 Å². The van der Waals surface area contributed by atoms with Gasteiger partial charge in [-0.15, -0.1) is 4.40 Å². The van der Waals surface area contributed by atoms with Gasteiger partial charge in [0.15, 0.2) is 0 Å². The van der Waals surface area contributed by atoms with Gasteiger partial charge in [-0.05, 0) is 30.2 Å². The molecule has 3 N–H and O–H groups in total. The van der Waals surface area contributed by atoms with Crippen molar-refractivity contribution in [2.45, 2.75) is 18.4 Å². The molecule has 0 aromatic heterocycles. The molecule has 3 aromatic rings. The summed E-state index contributed by atoms with van der Waals surface area (Å²) >= 11 is 0. The van der Waals surface area contributed by atoms with Crippen LogP contribution in [0, 0.1) is 6.92 Å². The highest BCUT2D eigenvalue weighted by molar-refractivity contribution is 7.90. The molecule has 0 bridgehead atoms. The van der Waals surface area contributed by atoms with Gasteiger partial charge < -0.3 is 11.1 Å². The number of sulfonamides is 1. The highest BCUT2D eigenvalue weighted by Gasteiger charge is 2.15. The van der Waals surface area contributed by atoms with Crippen molar-refractivity contribution in [2.75, 3.05) is 0 Å². The largest absolute Gasteiger partial charge is 0.386 e. The fourth-order valence-electron chi connectivity index (χ4n) is 2.73. The van der Waals surface area contributed by atoms with E-state index in [4.69, 9.17) is 5.73 Å². The van der Waals surface area contributed by atoms with Crippen LogP contribution in [-0.4, -0.2) is 14.3 Å². The zero-order chi connectivity index (χ0) is 20.7. The highest BCUT2D eigenvalue weighted by Crippen LogP contribution is 2.18. The van der Waals surface area contributed by atoms with E-state index in [1.54, 1.807) is 24.4 Å². The van der Waals surface area contributed by atoms with Crippen LogP contribution in [0.4, 0.5) is 0 Å². The van der Waals surface area contributed by atoms with Gasteiger partial charge in [-0.3, -0.25) is 0 Å². The first-order chi connectivity index (χ1) is 14.0. The quantitative estimate of drug-likeness (QED) is 0.462. The molecule has 6 heteroatoms. The Morgan fingerprint density at radius 3 is 2.14 bits per heavy atom. The van der Waals surface area contributed by atoms with Gasteiger partial charge in [-0.25, -0.2) is 0 Å². The normalized spacial score (nSPS) is 12.6. The molecule has 0 saturated heterocycles. The Morgan fingerprint density at radius 1 is 0.931 bits per heavy atom. The van der Waals surface area contributed by atoms with Crippen LogP contribution in [0.5, 0.6) is 0 Å². The van der Waals surface area contributed by atoms with Crippen LogP contribution in [0.2, 0.25) is 0 Å². The van der Waals surface area contributed by atoms with E-state index in [0.29, 0.717) is 12.1 Å². The summed E-state index contributed by atoms with van der Waals surface area (Å²) in [6.07, 6.45) is 1.71. The number of nitrogens with zero attached hydrogens (tertiary/aromatic N) is 1. The summed E-state index contributed by atoms with van der Waals surface area (Å²) in [6.45, 7) is 2.56. The third kappa shape index (κ3) is 5.56. The standard InChI is InChI=1S/C23H23N3O2S/c1-18-12-14-20(15-13-18)22(17-25-16-19-8-4-2-5-9-19)23(24)26-29(27,28)21-10-6-3-7-11-21/h2-15,17,25H,16H2,1H3,(H2,24,26)/b22-17-. The maximum Gasteiger partial charge on any atom is 0.284 e. The van der Waals surface area contributed by atoms with Crippen molar-refractivity contribution in [2.24, 2.45) is 10.1 Å². The lowest BCUT2D eigenvalue weighted by atomic mass is 10.0. The van der Waals surface area contributed by atoms with Crippen molar-refractivity contribution in [3.8, 4) is 0 Å². The van der Waals surface area contributed by atoms with Gasteiger partial charge in [-0.1, -0.05) is 78.4 Å². The number of nitrogens with one attached hydrogen (secondary N) is 1. The van der Waals surface area contributed by atoms with Crippen LogP contribution in [-0.2, 0) is 16.6 Å². The SMILES string of the molecule is Cc1ccc(C(=C/NCc2ccccc2)/C(N)=N\S(=O)(=O)c2ccccc2)cc1. The highest BCUT2D eigenvalue weighted by atomic mass is 32.2. The van der Waals surface area contributed by atoms with Gasteiger partial charge in [0.05, 0.1) is 4.90 Å². The molecule has 0 atom stereocenters. The summed E-state index contributed by atoms with van der Waals surface area (Å²) in [5.41, 5.74) is 9.64. The summed E-state index contributed by atoms with van der Waals surface area (Å²) in [6, 6.07) is 25.6. The topological polar surface area (TPSA) is 84.5 Å². The van der Waals surface area contributed by atoms with Crippen molar-refractivity contribution < 1.29 is 8.42 Å². The predicted molar refractivity (Wildman–Crippen MR) is 118 cm³/mol.